The van der Waals surface area contributed by atoms with E-state index < -0.39 is 0 Å². The van der Waals surface area contributed by atoms with Gasteiger partial charge in [0.15, 0.2) is 0 Å². The SMILES string of the molecule is CCCNC(C)CCCCN1C(C)CCC1CC. The third-order valence-corrected chi connectivity index (χ3v) is 4.47. The summed E-state index contributed by atoms with van der Waals surface area (Å²) in [5, 5.41) is 3.58. The molecule has 1 aliphatic rings. The van der Waals surface area contributed by atoms with Crippen LogP contribution >= 0.6 is 0 Å². The van der Waals surface area contributed by atoms with E-state index in [9.17, 15) is 0 Å². The Kier molecular flexibility index (Phi) is 7.92. The van der Waals surface area contributed by atoms with E-state index in [0.29, 0.717) is 6.04 Å². The third-order valence-electron chi connectivity index (χ3n) is 4.47. The van der Waals surface area contributed by atoms with Crippen molar-refractivity contribution in [2.45, 2.75) is 90.8 Å². The fraction of sp³-hybridized carbons (Fsp3) is 1.00. The summed E-state index contributed by atoms with van der Waals surface area (Å²) in [6.07, 6.45) is 9.49. The summed E-state index contributed by atoms with van der Waals surface area (Å²) in [4.78, 5) is 2.75. The van der Waals surface area contributed by atoms with Gasteiger partial charge in [0, 0.05) is 18.1 Å². The van der Waals surface area contributed by atoms with Gasteiger partial charge in [0.05, 0.1) is 0 Å². The van der Waals surface area contributed by atoms with E-state index in [1.807, 2.05) is 0 Å². The van der Waals surface area contributed by atoms with Crippen LogP contribution in [0.3, 0.4) is 0 Å². The largest absolute Gasteiger partial charge is 0.314 e. The van der Waals surface area contributed by atoms with Gasteiger partial charge < -0.3 is 5.32 Å². The van der Waals surface area contributed by atoms with Gasteiger partial charge in [-0.25, -0.2) is 0 Å². The average Bonchev–Trinajstić information content (AvgIpc) is 2.73. The van der Waals surface area contributed by atoms with Crippen LogP contribution in [0.2, 0.25) is 0 Å². The first-order valence-electron chi connectivity index (χ1n) is 8.18. The van der Waals surface area contributed by atoms with Gasteiger partial charge in [0.1, 0.15) is 0 Å². The summed E-state index contributed by atoms with van der Waals surface area (Å²) in [7, 11) is 0. The van der Waals surface area contributed by atoms with Crippen LogP contribution in [0.1, 0.15) is 72.6 Å². The highest BCUT2D eigenvalue weighted by Crippen LogP contribution is 2.26. The van der Waals surface area contributed by atoms with E-state index >= 15 is 0 Å². The second kappa shape index (κ2) is 8.92. The minimum Gasteiger partial charge on any atom is -0.314 e. The summed E-state index contributed by atoms with van der Waals surface area (Å²) < 4.78 is 0. The molecule has 1 saturated heterocycles. The highest BCUT2D eigenvalue weighted by molar-refractivity contribution is 4.84. The Hall–Kier alpha value is -0.0800. The molecule has 0 aromatic carbocycles. The molecule has 1 rings (SSSR count). The molecule has 0 spiro atoms. The predicted molar refractivity (Wildman–Crippen MR) is 81.1 cm³/mol. The van der Waals surface area contributed by atoms with Crippen molar-refractivity contribution >= 4 is 0 Å². The molecule has 108 valence electrons. The van der Waals surface area contributed by atoms with Gasteiger partial charge in [-0.15, -0.1) is 0 Å². The van der Waals surface area contributed by atoms with E-state index in [1.54, 1.807) is 0 Å². The standard InChI is InChI=1S/C16H34N2/c1-5-12-17-14(3)9-7-8-13-18-15(4)10-11-16(18)6-2/h14-17H,5-13H2,1-4H3. The van der Waals surface area contributed by atoms with E-state index in [4.69, 9.17) is 0 Å². The number of nitrogens with zero attached hydrogens (tertiary/aromatic N) is 1. The molecular weight excluding hydrogens is 220 g/mol. The summed E-state index contributed by atoms with van der Waals surface area (Å²) in [6.45, 7) is 11.8. The Morgan fingerprint density at radius 2 is 2.00 bits per heavy atom. The molecule has 0 bridgehead atoms. The second-order valence-corrected chi connectivity index (χ2v) is 6.08. The average molecular weight is 254 g/mol. The maximum atomic E-state index is 3.58. The van der Waals surface area contributed by atoms with Gasteiger partial charge in [-0.3, -0.25) is 4.90 Å². The molecule has 0 aromatic heterocycles. The van der Waals surface area contributed by atoms with Crippen LogP contribution in [0.5, 0.6) is 0 Å². The summed E-state index contributed by atoms with van der Waals surface area (Å²) in [6, 6.07) is 2.39. The molecule has 1 aliphatic heterocycles. The molecule has 0 amide bonds. The fourth-order valence-corrected chi connectivity index (χ4v) is 3.20. The van der Waals surface area contributed by atoms with Crippen LogP contribution in [0.4, 0.5) is 0 Å². The van der Waals surface area contributed by atoms with Crippen LogP contribution < -0.4 is 5.32 Å². The van der Waals surface area contributed by atoms with Crippen LogP contribution in [-0.4, -0.2) is 36.1 Å². The molecule has 1 N–H and O–H groups in total. The molecule has 3 atom stereocenters. The quantitative estimate of drug-likeness (QED) is 0.630. The molecule has 0 aromatic rings. The number of likely N-dealkylation sites (tertiary alicyclic amines) is 1. The fourth-order valence-electron chi connectivity index (χ4n) is 3.20. The normalized spacial score (nSPS) is 26.7. The van der Waals surface area contributed by atoms with Crippen molar-refractivity contribution in [3.8, 4) is 0 Å². The lowest BCUT2D eigenvalue weighted by molar-refractivity contribution is 0.193. The van der Waals surface area contributed by atoms with Gasteiger partial charge in [-0.2, -0.15) is 0 Å². The molecule has 0 saturated carbocycles. The number of hydrogen-bond acceptors (Lipinski definition) is 2. The molecular formula is C16H34N2. The highest BCUT2D eigenvalue weighted by atomic mass is 15.2. The number of nitrogens with one attached hydrogen (secondary N) is 1. The Balaban J connectivity index is 2.09. The van der Waals surface area contributed by atoms with Crippen LogP contribution in [0.15, 0.2) is 0 Å². The second-order valence-electron chi connectivity index (χ2n) is 6.08. The van der Waals surface area contributed by atoms with Crippen molar-refractivity contribution in [1.29, 1.82) is 0 Å². The van der Waals surface area contributed by atoms with Crippen LogP contribution in [-0.2, 0) is 0 Å². The van der Waals surface area contributed by atoms with E-state index in [-0.39, 0.29) is 0 Å². The van der Waals surface area contributed by atoms with Gasteiger partial charge in [0.25, 0.3) is 0 Å². The number of hydrogen-bond donors (Lipinski definition) is 1. The zero-order chi connectivity index (χ0) is 13.4. The lowest BCUT2D eigenvalue weighted by atomic mass is 10.1. The summed E-state index contributed by atoms with van der Waals surface area (Å²) in [5.74, 6) is 0. The van der Waals surface area contributed by atoms with Gasteiger partial charge in [0.2, 0.25) is 0 Å². The summed E-state index contributed by atoms with van der Waals surface area (Å²) in [5.41, 5.74) is 0. The van der Waals surface area contributed by atoms with E-state index in [0.717, 1.165) is 12.1 Å². The Labute approximate surface area is 115 Å². The predicted octanol–water partition coefficient (Wildman–Crippen LogP) is 3.81. The smallest absolute Gasteiger partial charge is 0.00960 e. The zero-order valence-corrected chi connectivity index (χ0v) is 13.0. The number of unbranched alkanes of at least 4 members (excludes halogenated alkanes) is 1. The number of rotatable bonds is 9. The first-order chi connectivity index (χ1) is 8.69. The summed E-state index contributed by atoms with van der Waals surface area (Å²) >= 11 is 0. The first kappa shape index (κ1) is 16.0. The Bertz CT molecular complexity index is 205. The lowest BCUT2D eigenvalue weighted by Crippen LogP contribution is -2.35. The van der Waals surface area contributed by atoms with Gasteiger partial charge >= 0.3 is 0 Å². The molecule has 1 fully saturated rings. The van der Waals surface area contributed by atoms with Crippen LogP contribution in [0, 0.1) is 0 Å². The third kappa shape index (κ3) is 5.27. The van der Waals surface area contributed by atoms with Crippen molar-refractivity contribution in [3.05, 3.63) is 0 Å². The van der Waals surface area contributed by atoms with Gasteiger partial charge in [-0.05, 0) is 65.5 Å². The molecule has 1 heterocycles. The van der Waals surface area contributed by atoms with Crippen molar-refractivity contribution < 1.29 is 0 Å². The lowest BCUT2D eigenvalue weighted by Gasteiger charge is -2.27. The molecule has 0 aliphatic carbocycles. The minimum absolute atomic E-state index is 0.697. The molecule has 0 radical (unpaired) electrons. The maximum Gasteiger partial charge on any atom is 0.00960 e. The molecule has 2 nitrogen and oxygen atoms in total. The zero-order valence-electron chi connectivity index (χ0n) is 13.0. The molecule has 18 heavy (non-hydrogen) atoms. The Morgan fingerprint density at radius 3 is 2.67 bits per heavy atom. The Morgan fingerprint density at radius 1 is 1.22 bits per heavy atom. The highest BCUT2D eigenvalue weighted by Gasteiger charge is 2.28. The topological polar surface area (TPSA) is 15.3 Å². The minimum atomic E-state index is 0.697. The van der Waals surface area contributed by atoms with Crippen molar-refractivity contribution in [2.75, 3.05) is 13.1 Å². The van der Waals surface area contributed by atoms with Crippen molar-refractivity contribution in [2.24, 2.45) is 0 Å². The monoisotopic (exact) mass is 254 g/mol. The van der Waals surface area contributed by atoms with E-state index in [1.165, 1.54) is 58.0 Å². The van der Waals surface area contributed by atoms with E-state index in [2.05, 4.69) is 37.9 Å². The maximum absolute atomic E-state index is 3.58. The van der Waals surface area contributed by atoms with Crippen LogP contribution in [0.25, 0.3) is 0 Å². The van der Waals surface area contributed by atoms with Crippen molar-refractivity contribution in [1.82, 2.24) is 10.2 Å². The molecule has 2 heteroatoms. The first-order valence-corrected chi connectivity index (χ1v) is 8.18. The van der Waals surface area contributed by atoms with Gasteiger partial charge in [-0.1, -0.05) is 20.3 Å². The molecule has 3 unspecified atom stereocenters. The van der Waals surface area contributed by atoms with Crippen molar-refractivity contribution in [3.63, 3.8) is 0 Å².